The molecule has 1 unspecified atom stereocenters. The number of ether oxygens (including phenoxy) is 1. The molecule has 19 heavy (non-hydrogen) atoms. The second kappa shape index (κ2) is 7.22. The number of likely N-dealkylation sites (N-methyl/N-ethyl adjacent to an activating group) is 1. The van der Waals surface area contributed by atoms with Crippen LogP contribution in [-0.4, -0.2) is 62.3 Å². The number of amides is 1. The van der Waals surface area contributed by atoms with Crippen LogP contribution in [0.15, 0.2) is 0 Å². The zero-order chi connectivity index (χ0) is 13.7. The van der Waals surface area contributed by atoms with Gasteiger partial charge in [0.05, 0.1) is 13.2 Å². The van der Waals surface area contributed by atoms with Crippen molar-refractivity contribution in [1.82, 2.24) is 15.5 Å². The molecule has 1 aliphatic carbocycles. The predicted octanol–water partition coefficient (Wildman–Crippen LogP) is 0.354. The van der Waals surface area contributed by atoms with Gasteiger partial charge in [-0.2, -0.15) is 0 Å². The minimum absolute atomic E-state index is 0.0912. The lowest BCUT2D eigenvalue weighted by atomic mass is 9.89. The fourth-order valence-electron chi connectivity index (χ4n) is 3.35. The Morgan fingerprint density at radius 3 is 2.68 bits per heavy atom. The first-order valence-electron chi connectivity index (χ1n) is 7.54. The first kappa shape index (κ1) is 14.8. The molecule has 1 aliphatic heterocycles. The number of morpholine rings is 1. The van der Waals surface area contributed by atoms with Gasteiger partial charge in [-0.15, -0.1) is 0 Å². The maximum Gasteiger partial charge on any atom is 0.239 e. The number of nitrogens with one attached hydrogen (secondary N) is 2. The normalized spacial score (nSPS) is 33.1. The van der Waals surface area contributed by atoms with E-state index in [9.17, 15) is 4.79 Å². The fraction of sp³-hybridized carbons (Fsp3) is 0.929. The zero-order valence-corrected chi connectivity index (χ0v) is 12.2. The van der Waals surface area contributed by atoms with Crippen LogP contribution in [0.4, 0.5) is 0 Å². The molecule has 1 saturated carbocycles. The molecule has 2 fully saturated rings. The summed E-state index contributed by atoms with van der Waals surface area (Å²) in [6, 6.07) is 1.11. The van der Waals surface area contributed by atoms with Crippen molar-refractivity contribution in [2.24, 2.45) is 0 Å². The van der Waals surface area contributed by atoms with Gasteiger partial charge < -0.3 is 15.4 Å². The molecule has 110 valence electrons. The molecule has 0 aromatic rings. The van der Waals surface area contributed by atoms with Gasteiger partial charge in [-0.25, -0.2) is 0 Å². The van der Waals surface area contributed by atoms with E-state index in [0.29, 0.717) is 18.7 Å². The number of carbonyl (C=O) groups is 1. The van der Waals surface area contributed by atoms with Crippen molar-refractivity contribution in [2.45, 2.75) is 50.7 Å². The molecule has 1 atom stereocenters. The van der Waals surface area contributed by atoms with Crippen molar-refractivity contribution in [1.29, 1.82) is 0 Å². The Kier molecular flexibility index (Phi) is 5.60. The van der Waals surface area contributed by atoms with E-state index < -0.39 is 0 Å². The van der Waals surface area contributed by atoms with Crippen LogP contribution in [-0.2, 0) is 9.53 Å². The topological polar surface area (TPSA) is 53.6 Å². The average molecular weight is 269 g/mol. The highest BCUT2D eigenvalue weighted by Crippen LogP contribution is 2.26. The van der Waals surface area contributed by atoms with Gasteiger partial charge in [-0.3, -0.25) is 9.69 Å². The molecule has 0 radical (unpaired) electrons. The van der Waals surface area contributed by atoms with Crippen molar-refractivity contribution in [3.63, 3.8) is 0 Å². The van der Waals surface area contributed by atoms with Crippen LogP contribution in [0.5, 0.6) is 0 Å². The van der Waals surface area contributed by atoms with Crippen LogP contribution in [0.2, 0.25) is 0 Å². The second-order valence-corrected chi connectivity index (χ2v) is 5.51. The third-order valence-electron chi connectivity index (χ3n) is 4.38. The van der Waals surface area contributed by atoms with Crippen molar-refractivity contribution >= 4 is 5.91 Å². The number of nitrogens with zero attached hydrogens (tertiary/aromatic N) is 1. The van der Waals surface area contributed by atoms with E-state index >= 15 is 0 Å². The summed E-state index contributed by atoms with van der Waals surface area (Å²) in [7, 11) is 1.71. The van der Waals surface area contributed by atoms with E-state index in [1.54, 1.807) is 7.05 Å². The maximum atomic E-state index is 11.9. The summed E-state index contributed by atoms with van der Waals surface area (Å²) in [6.07, 6.45) is 4.81. The summed E-state index contributed by atoms with van der Waals surface area (Å²) < 4.78 is 5.47. The quantitative estimate of drug-likeness (QED) is 0.773. The van der Waals surface area contributed by atoms with E-state index in [0.717, 1.165) is 19.7 Å². The van der Waals surface area contributed by atoms with Crippen molar-refractivity contribution in [3.8, 4) is 0 Å². The third-order valence-corrected chi connectivity index (χ3v) is 4.38. The first-order valence-corrected chi connectivity index (χ1v) is 7.54. The van der Waals surface area contributed by atoms with Gasteiger partial charge in [0.25, 0.3) is 0 Å². The van der Waals surface area contributed by atoms with Crippen molar-refractivity contribution in [2.75, 3.05) is 33.4 Å². The molecule has 0 aromatic heterocycles. The molecule has 0 bridgehead atoms. The van der Waals surface area contributed by atoms with Crippen molar-refractivity contribution in [3.05, 3.63) is 0 Å². The summed E-state index contributed by atoms with van der Waals surface area (Å²) in [5.41, 5.74) is 0. The molecule has 2 rings (SSSR count). The molecule has 2 N–H and O–H groups in total. The Morgan fingerprint density at radius 2 is 2.05 bits per heavy atom. The summed E-state index contributed by atoms with van der Waals surface area (Å²) >= 11 is 0. The number of rotatable bonds is 4. The van der Waals surface area contributed by atoms with E-state index in [1.165, 1.54) is 25.7 Å². The van der Waals surface area contributed by atoms with Crippen LogP contribution in [0.3, 0.4) is 0 Å². The Balaban J connectivity index is 1.90. The highest BCUT2D eigenvalue weighted by atomic mass is 16.5. The molecule has 0 aromatic carbocycles. The molecular formula is C14H27N3O2. The van der Waals surface area contributed by atoms with E-state index in [2.05, 4.69) is 22.5 Å². The summed E-state index contributed by atoms with van der Waals surface area (Å²) in [5, 5.41) is 6.29. The second-order valence-electron chi connectivity index (χ2n) is 5.51. The molecule has 1 heterocycles. The fourth-order valence-corrected chi connectivity index (χ4v) is 3.35. The van der Waals surface area contributed by atoms with E-state index in [1.807, 2.05) is 0 Å². The maximum absolute atomic E-state index is 11.9. The molecule has 1 saturated heterocycles. The average Bonchev–Trinajstić information content (AvgIpc) is 2.47. The van der Waals surface area contributed by atoms with Crippen molar-refractivity contribution < 1.29 is 9.53 Å². The number of hydrogen-bond acceptors (Lipinski definition) is 4. The number of hydrogen-bond donors (Lipinski definition) is 2. The third kappa shape index (κ3) is 3.68. The highest BCUT2D eigenvalue weighted by molar-refractivity contribution is 5.81. The summed E-state index contributed by atoms with van der Waals surface area (Å²) in [6.45, 7) is 5.38. The minimum Gasteiger partial charge on any atom is -0.378 e. The van der Waals surface area contributed by atoms with Crippen LogP contribution in [0.25, 0.3) is 0 Å². The Bertz CT molecular complexity index is 290. The van der Waals surface area contributed by atoms with Gasteiger partial charge in [0, 0.05) is 25.7 Å². The largest absolute Gasteiger partial charge is 0.378 e. The van der Waals surface area contributed by atoms with E-state index in [-0.39, 0.29) is 11.9 Å². The van der Waals surface area contributed by atoms with Gasteiger partial charge in [-0.1, -0.05) is 6.92 Å². The molecule has 5 heteroatoms. The van der Waals surface area contributed by atoms with Crippen LogP contribution in [0.1, 0.15) is 32.6 Å². The van der Waals surface area contributed by atoms with Gasteiger partial charge in [0.2, 0.25) is 5.91 Å². The zero-order valence-electron chi connectivity index (χ0n) is 12.2. The lowest BCUT2D eigenvalue weighted by Gasteiger charge is -2.42. The Labute approximate surface area is 116 Å². The lowest BCUT2D eigenvalue weighted by molar-refractivity contribution is -0.134. The van der Waals surface area contributed by atoms with Gasteiger partial charge in [0.1, 0.15) is 6.04 Å². The molecular weight excluding hydrogens is 242 g/mol. The lowest BCUT2D eigenvalue weighted by Crippen LogP contribution is -2.57. The molecule has 0 spiro atoms. The first-order chi connectivity index (χ1) is 9.26. The van der Waals surface area contributed by atoms with Gasteiger partial charge in [0.15, 0.2) is 0 Å². The highest BCUT2D eigenvalue weighted by Gasteiger charge is 2.35. The molecule has 1 amide bonds. The minimum atomic E-state index is -0.0977. The summed E-state index contributed by atoms with van der Waals surface area (Å²) in [4.78, 5) is 14.3. The van der Waals surface area contributed by atoms with Gasteiger partial charge >= 0.3 is 0 Å². The van der Waals surface area contributed by atoms with Crippen LogP contribution < -0.4 is 10.6 Å². The van der Waals surface area contributed by atoms with Gasteiger partial charge in [-0.05, 0) is 32.2 Å². The monoisotopic (exact) mass is 269 g/mol. The molecule has 2 aliphatic rings. The Hall–Kier alpha value is -0.650. The van der Waals surface area contributed by atoms with Crippen LogP contribution in [0, 0.1) is 0 Å². The smallest absolute Gasteiger partial charge is 0.239 e. The van der Waals surface area contributed by atoms with E-state index in [4.69, 9.17) is 4.74 Å². The molecule has 5 nitrogen and oxygen atoms in total. The standard InChI is InChI=1S/C14H27N3O2/c1-3-16-11-4-6-12(7-5-11)17-8-9-19-10-13(17)14(18)15-2/h11-13,16H,3-10H2,1-2H3,(H,15,18). The predicted molar refractivity (Wildman–Crippen MR) is 75.1 cm³/mol. The SMILES string of the molecule is CCNC1CCC(N2CCOCC2C(=O)NC)CC1. The number of carbonyl (C=O) groups excluding carboxylic acids is 1. The Morgan fingerprint density at radius 1 is 1.32 bits per heavy atom. The van der Waals surface area contributed by atoms with Crippen LogP contribution >= 0.6 is 0 Å². The summed E-state index contributed by atoms with van der Waals surface area (Å²) in [5.74, 6) is 0.0912.